The number of piperidine rings is 1. The summed E-state index contributed by atoms with van der Waals surface area (Å²) in [5.74, 6) is 0.859. The first kappa shape index (κ1) is 14.8. The molecular formula is C16H22N4O2. The van der Waals surface area contributed by atoms with Crippen LogP contribution in [0.3, 0.4) is 0 Å². The van der Waals surface area contributed by atoms with Gasteiger partial charge in [-0.1, -0.05) is 0 Å². The minimum absolute atomic E-state index is 0.404. The van der Waals surface area contributed by atoms with Gasteiger partial charge in [-0.15, -0.1) is 0 Å². The molecule has 0 atom stereocenters. The molecule has 0 bridgehead atoms. The molecule has 2 aromatic rings. The van der Waals surface area contributed by atoms with Crippen LogP contribution in [0.5, 0.6) is 5.75 Å². The van der Waals surface area contributed by atoms with Crippen LogP contribution in [-0.2, 0) is 0 Å². The lowest BCUT2D eigenvalue weighted by Crippen LogP contribution is -2.37. The number of fused-ring (bicyclic) bond motifs is 1. The van der Waals surface area contributed by atoms with E-state index < -0.39 is 6.09 Å². The van der Waals surface area contributed by atoms with Gasteiger partial charge < -0.3 is 19.8 Å². The number of hydrogen-bond donors (Lipinski definition) is 1. The molecule has 6 nitrogen and oxygen atoms in total. The van der Waals surface area contributed by atoms with Gasteiger partial charge in [0.05, 0.1) is 5.69 Å². The zero-order valence-corrected chi connectivity index (χ0v) is 13.0. The number of likely N-dealkylation sites (tertiary alicyclic amines) is 1. The first-order chi connectivity index (χ1) is 10.5. The molecule has 6 heteroatoms. The van der Waals surface area contributed by atoms with E-state index in [-0.39, 0.29) is 0 Å². The highest BCUT2D eigenvalue weighted by Gasteiger charge is 2.24. The van der Waals surface area contributed by atoms with Crippen LogP contribution in [0.2, 0.25) is 0 Å². The standard InChI is InChI=1S/C16H22N4O2/c1-11(2)19-8-5-12(6-9-19)13-10-20-7-3-4-14(15(20)18-13)22-16(17)21/h3-4,7,10-12H,5-6,8-9H2,1-2H3,(H2,17,21). The number of rotatable bonds is 3. The fraction of sp³-hybridized carbons (Fsp3) is 0.500. The lowest BCUT2D eigenvalue weighted by atomic mass is 9.93. The van der Waals surface area contributed by atoms with Crippen LogP contribution in [0.25, 0.3) is 5.65 Å². The summed E-state index contributed by atoms with van der Waals surface area (Å²) in [6, 6.07) is 4.12. The molecular weight excluding hydrogens is 280 g/mol. The van der Waals surface area contributed by atoms with Gasteiger partial charge in [0.2, 0.25) is 0 Å². The van der Waals surface area contributed by atoms with Crippen molar-refractivity contribution < 1.29 is 9.53 Å². The molecule has 1 aliphatic rings. The third kappa shape index (κ3) is 2.92. The number of amides is 1. The van der Waals surface area contributed by atoms with Crippen molar-refractivity contribution >= 4 is 11.7 Å². The highest BCUT2D eigenvalue weighted by atomic mass is 16.5. The van der Waals surface area contributed by atoms with E-state index in [0.29, 0.717) is 23.4 Å². The number of imidazole rings is 1. The smallest absolute Gasteiger partial charge is 0.406 e. The van der Waals surface area contributed by atoms with Crippen LogP contribution in [-0.4, -0.2) is 39.5 Å². The Hall–Kier alpha value is -2.08. The van der Waals surface area contributed by atoms with Gasteiger partial charge in [0, 0.05) is 24.4 Å². The number of primary amides is 1. The van der Waals surface area contributed by atoms with Crippen LogP contribution < -0.4 is 10.5 Å². The second kappa shape index (κ2) is 5.96. The first-order valence-electron chi connectivity index (χ1n) is 7.73. The van der Waals surface area contributed by atoms with E-state index in [9.17, 15) is 4.79 Å². The van der Waals surface area contributed by atoms with E-state index >= 15 is 0 Å². The predicted molar refractivity (Wildman–Crippen MR) is 84.1 cm³/mol. The van der Waals surface area contributed by atoms with Crippen molar-refractivity contribution in [2.24, 2.45) is 5.73 Å². The van der Waals surface area contributed by atoms with Gasteiger partial charge in [-0.25, -0.2) is 9.78 Å². The summed E-state index contributed by atoms with van der Waals surface area (Å²) < 4.78 is 6.92. The summed E-state index contributed by atoms with van der Waals surface area (Å²) in [4.78, 5) is 18.1. The zero-order chi connectivity index (χ0) is 15.7. The van der Waals surface area contributed by atoms with Crippen LogP contribution in [0.15, 0.2) is 24.5 Å². The van der Waals surface area contributed by atoms with Crippen molar-refractivity contribution in [3.8, 4) is 5.75 Å². The number of carbonyl (C=O) groups is 1. The Morgan fingerprint density at radius 2 is 2.14 bits per heavy atom. The molecule has 0 aliphatic carbocycles. The number of nitrogens with two attached hydrogens (primary N) is 1. The summed E-state index contributed by atoms with van der Waals surface area (Å²) >= 11 is 0. The number of hydrogen-bond acceptors (Lipinski definition) is 4. The average Bonchev–Trinajstić information content (AvgIpc) is 2.92. The fourth-order valence-corrected chi connectivity index (χ4v) is 3.10. The average molecular weight is 302 g/mol. The highest BCUT2D eigenvalue weighted by Crippen LogP contribution is 2.30. The quantitative estimate of drug-likeness (QED) is 0.944. The maximum Gasteiger partial charge on any atom is 0.410 e. The minimum atomic E-state index is -0.817. The summed E-state index contributed by atoms with van der Waals surface area (Å²) in [5.41, 5.74) is 6.81. The van der Waals surface area contributed by atoms with Gasteiger partial charge in [-0.3, -0.25) is 0 Å². The molecule has 1 saturated heterocycles. The Morgan fingerprint density at radius 1 is 1.41 bits per heavy atom. The van der Waals surface area contributed by atoms with E-state index in [0.717, 1.165) is 31.6 Å². The monoisotopic (exact) mass is 302 g/mol. The summed E-state index contributed by atoms with van der Waals surface area (Å²) in [5, 5.41) is 0. The second-order valence-electron chi connectivity index (χ2n) is 6.09. The number of ether oxygens (including phenoxy) is 1. The molecule has 1 amide bonds. The van der Waals surface area contributed by atoms with Gasteiger partial charge >= 0.3 is 6.09 Å². The van der Waals surface area contributed by atoms with E-state index in [2.05, 4.69) is 23.7 Å². The third-order valence-electron chi connectivity index (χ3n) is 4.35. The van der Waals surface area contributed by atoms with Crippen LogP contribution in [0.4, 0.5) is 4.79 Å². The normalized spacial score (nSPS) is 17.2. The van der Waals surface area contributed by atoms with Gasteiger partial charge in [-0.05, 0) is 51.9 Å². The molecule has 0 saturated carbocycles. The molecule has 0 aromatic carbocycles. The number of nitrogens with zero attached hydrogens (tertiary/aromatic N) is 3. The van der Waals surface area contributed by atoms with Gasteiger partial charge in [0.25, 0.3) is 0 Å². The van der Waals surface area contributed by atoms with Gasteiger partial charge in [0.1, 0.15) is 0 Å². The van der Waals surface area contributed by atoms with Crippen molar-refractivity contribution in [1.29, 1.82) is 0 Å². The number of carbonyl (C=O) groups excluding carboxylic acids is 1. The topological polar surface area (TPSA) is 72.9 Å². The molecule has 2 N–H and O–H groups in total. The summed E-state index contributed by atoms with van der Waals surface area (Å²) in [6.07, 6.45) is 5.33. The molecule has 0 unspecified atom stereocenters. The molecule has 3 rings (SSSR count). The molecule has 2 aromatic heterocycles. The van der Waals surface area contributed by atoms with Crippen molar-refractivity contribution in [2.45, 2.75) is 38.6 Å². The minimum Gasteiger partial charge on any atom is -0.406 e. The SMILES string of the molecule is CC(C)N1CCC(c2cn3cccc(OC(N)=O)c3n2)CC1. The molecule has 22 heavy (non-hydrogen) atoms. The van der Waals surface area contributed by atoms with Crippen LogP contribution in [0.1, 0.15) is 38.3 Å². The molecule has 1 aliphatic heterocycles. The van der Waals surface area contributed by atoms with Gasteiger partial charge in [0.15, 0.2) is 11.4 Å². The Kier molecular flexibility index (Phi) is 4.02. The van der Waals surface area contributed by atoms with Crippen molar-refractivity contribution in [2.75, 3.05) is 13.1 Å². The summed E-state index contributed by atoms with van der Waals surface area (Å²) in [6.45, 7) is 6.67. The Labute approximate surface area is 129 Å². The zero-order valence-electron chi connectivity index (χ0n) is 13.0. The van der Waals surface area contributed by atoms with Crippen LogP contribution >= 0.6 is 0 Å². The molecule has 3 heterocycles. The Morgan fingerprint density at radius 3 is 2.77 bits per heavy atom. The number of aromatic nitrogens is 2. The predicted octanol–water partition coefficient (Wildman–Crippen LogP) is 2.38. The van der Waals surface area contributed by atoms with Crippen molar-refractivity contribution in [3.63, 3.8) is 0 Å². The van der Waals surface area contributed by atoms with E-state index in [4.69, 9.17) is 10.5 Å². The van der Waals surface area contributed by atoms with Crippen molar-refractivity contribution in [3.05, 3.63) is 30.2 Å². The largest absolute Gasteiger partial charge is 0.410 e. The third-order valence-corrected chi connectivity index (χ3v) is 4.35. The maximum absolute atomic E-state index is 11.0. The lowest BCUT2D eigenvalue weighted by molar-refractivity contribution is 0.171. The van der Waals surface area contributed by atoms with Crippen LogP contribution in [0, 0.1) is 0 Å². The molecule has 118 valence electrons. The first-order valence-corrected chi connectivity index (χ1v) is 7.73. The Balaban J connectivity index is 1.82. The number of pyridine rings is 1. The Bertz CT molecular complexity index is 672. The second-order valence-corrected chi connectivity index (χ2v) is 6.09. The van der Waals surface area contributed by atoms with E-state index in [1.807, 2.05) is 22.9 Å². The fourth-order valence-electron chi connectivity index (χ4n) is 3.10. The molecule has 1 fully saturated rings. The lowest BCUT2D eigenvalue weighted by Gasteiger charge is -2.33. The molecule has 0 spiro atoms. The van der Waals surface area contributed by atoms with Crippen molar-refractivity contribution in [1.82, 2.24) is 14.3 Å². The molecule has 0 radical (unpaired) electrons. The highest BCUT2D eigenvalue weighted by molar-refractivity contribution is 5.71. The van der Waals surface area contributed by atoms with Gasteiger partial charge in [-0.2, -0.15) is 0 Å². The maximum atomic E-state index is 11.0. The summed E-state index contributed by atoms with van der Waals surface area (Å²) in [7, 11) is 0. The van der Waals surface area contributed by atoms with E-state index in [1.54, 1.807) is 6.07 Å². The van der Waals surface area contributed by atoms with E-state index in [1.165, 1.54) is 0 Å².